The van der Waals surface area contributed by atoms with Crippen molar-refractivity contribution < 1.29 is 0 Å². The molecule has 2 aromatic heterocycles. The van der Waals surface area contributed by atoms with Crippen LogP contribution in [0.3, 0.4) is 0 Å². The van der Waals surface area contributed by atoms with Crippen LogP contribution in [-0.2, 0) is 19.3 Å². The molecular formula is C21H22N2. The number of hydrogen-bond donors (Lipinski definition) is 0. The highest BCUT2D eigenvalue weighted by Crippen LogP contribution is 2.19. The molecule has 0 radical (unpaired) electrons. The van der Waals surface area contributed by atoms with Gasteiger partial charge in [-0.05, 0) is 67.0 Å². The number of nitrogens with zero attached hydrogens (tertiary/aromatic N) is 2. The second-order valence-electron chi connectivity index (χ2n) is 5.98. The van der Waals surface area contributed by atoms with E-state index >= 15 is 0 Å². The molecular weight excluding hydrogens is 280 g/mol. The molecule has 2 heteroatoms. The molecule has 1 unspecified atom stereocenters. The van der Waals surface area contributed by atoms with E-state index in [2.05, 4.69) is 64.6 Å². The Balaban J connectivity index is 1.67. The Morgan fingerprint density at radius 3 is 2.22 bits per heavy atom. The number of hydrogen-bond acceptors (Lipinski definition) is 2. The lowest BCUT2D eigenvalue weighted by Gasteiger charge is -2.17. The van der Waals surface area contributed by atoms with Crippen LogP contribution in [0.25, 0.3) is 0 Å². The first-order chi connectivity index (χ1) is 11.4. The van der Waals surface area contributed by atoms with Crippen LogP contribution in [0.15, 0.2) is 79.3 Å². The molecule has 0 fully saturated rings. The van der Waals surface area contributed by atoms with Gasteiger partial charge in [0, 0.05) is 24.3 Å². The number of benzene rings is 1. The highest BCUT2D eigenvalue weighted by molar-refractivity contribution is 5.16. The zero-order chi connectivity index (χ0) is 15.7. The fourth-order valence-corrected chi connectivity index (χ4v) is 2.96. The summed E-state index contributed by atoms with van der Waals surface area (Å²) >= 11 is 0. The van der Waals surface area contributed by atoms with Gasteiger partial charge in [-0.3, -0.25) is 9.97 Å². The smallest absolute Gasteiger partial charge is 0.0406 e. The molecule has 0 aliphatic rings. The first-order valence-corrected chi connectivity index (χ1v) is 8.23. The standard InChI is InChI=1S/C21H22N2/c1-2-6-18(7-3-1)9-10-20(16-19-11-14-22-15-12-19)17-21-8-4-5-13-23-21/h1-8,11-15,20H,9-10,16-17H2. The summed E-state index contributed by atoms with van der Waals surface area (Å²) in [6.45, 7) is 0. The average molecular weight is 302 g/mol. The van der Waals surface area contributed by atoms with E-state index in [1.807, 2.05) is 24.7 Å². The molecule has 0 N–H and O–H groups in total. The zero-order valence-corrected chi connectivity index (χ0v) is 13.3. The molecule has 0 spiro atoms. The van der Waals surface area contributed by atoms with Gasteiger partial charge in [-0.1, -0.05) is 36.4 Å². The Bertz CT molecular complexity index is 639. The minimum absolute atomic E-state index is 0.590. The molecule has 1 atom stereocenters. The summed E-state index contributed by atoms with van der Waals surface area (Å²) in [4.78, 5) is 8.62. The van der Waals surface area contributed by atoms with E-state index in [0.717, 1.165) is 19.3 Å². The van der Waals surface area contributed by atoms with Gasteiger partial charge >= 0.3 is 0 Å². The highest BCUT2D eigenvalue weighted by atomic mass is 14.7. The van der Waals surface area contributed by atoms with E-state index in [9.17, 15) is 0 Å². The molecule has 0 aliphatic carbocycles. The Labute approximate surface area is 138 Å². The lowest BCUT2D eigenvalue weighted by atomic mass is 9.89. The maximum absolute atomic E-state index is 4.50. The van der Waals surface area contributed by atoms with Crippen molar-refractivity contribution in [1.29, 1.82) is 0 Å². The van der Waals surface area contributed by atoms with Gasteiger partial charge in [-0.25, -0.2) is 0 Å². The lowest BCUT2D eigenvalue weighted by molar-refractivity contribution is 0.475. The van der Waals surface area contributed by atoms with Crippen molar-refractivity contribution in [3.8, 4) is 0 Å². The number of aromatic nitrogens is 2. The van der Waals surface area contributed by atoms with E-state index in [-0.39, 0.29) is 0 Å². The van der Waals surface area contributed by atoms with Gasteiger partial charge in [0.25, 0.3) is 0 Å². The maximum Gasteiger partial charge on any atom is 0.0406 e. The fourth-order valence-electron chi connectivity index (χ4n) is 2.96. The monoisotopic (exact) mass is 302 g/mol. The molecule has 0 saturated heterocycles. The van der Waals surface area contributed by atoms with Crippen molar-refractivity contribution in [1.82, 2.24) is 9.97 Å². The minimum Gasteiger partial charge on any atom is -0.265 e. The maximum atomic E-state index is 4.50. The summed E-state index contributed by atoms with van der Waals surface area (Å²) in [7, 11) is 0. The number of aryl methyl sites for hydroxylation is 1. The van der Waals surface area contributed by atoms with Crippen LogP contribution in [0.2, 0.25) is 0 Å². The van der Waals surface area contributed by atoms with Crippen molar-refractivity contribution in [2.45, 2.75) is 25.7 Å². The van der Waals surface area contributed by atoms with Crippen molar-refractivity contribution >= 4 is 0 Å². The largest absolute Gasteiger partial charge is 0.265 e. The van der Waals surface area contributed by atoms with E-state index in [0.29, 0.717) is 5.92 Å². The third-order valence-corrected chi connectivity index (χ3v) is 4.18. The summed E-state index contributed by atoms with van der Waals surface area (Å²) in [6, 6.07) is 21.1. The summed E-state index contributed by atoms with van der Waals surface area (Å²) in [5, 5.41) is 0. The predicted octanol–water partition coefficient (Wildman–Crippen LogP) is 4.51. The van der Waals surface area contributed by atoms with Gasteiger partial charge in [0.05, 0.1) is 0 Å². The summed E-state index contributed by atoms with van der Waals surface area (Å²) in [5.74, 6) is 0.590. The normalized spacial score (nSPS) is 12.0. The molecule has 0 amide bonds. The third kappa shape index (κ3) is 5.03. The van der Waals surface area contributed by atoms with Crippen LogP contribution in [0.1, 0.15) is 23.2 Å². The van der Waals surface area contributed by atoms with Gasteiger partial charge in [0.15, 0.2) is 0 Å². The topological polar surface area (TPSA) is 25.8 Å². The quantitative estimate of drug-likeness (QED) is 0.641. The SMILES string of the molecule is c1ccc(CCC(Cc2ccncc2)Cc2ccccn2)cc1. The molecule has 116 valence electrons. The van der Waals surface area contributed by atoms with Crippen LogP contribution in [0.4, 0.5) is 0 Å². The van der Waals surface area contributed by atoms with Crippen molar-refractivity contribution in [3.05, 3.63) is 96.1 Å². The Morgan fingerprint density at radius 2 is 1.48 bits per heavy atom. The fraction of sp³-hybridized carbons (Fsp3) is 0.238. The second-order valence-corrected chi connectivity index (χ2v) is 5.98. The molecule has 0 saturated carbocycles. The van der Waals surface area contributed by atoms with Crippen molar-refractivity contribution in [2.75, 3.05) is 0 Å². The molecule has 2 heterocycles. The van der Waals surface area contributed by atoms with Crippen LogP contribution >= 0.6 is 0 Å². The van der Waals surface area contributed by atoms with Gasteiger partial charge in [-0.15, -0.1) is 0 Å². The molecule has 3 aromatic rings. The van der Waals surface area contributed by atoms with E-state index in [1.165, 1.54) is 23.2 Å². The van der Waals surface area contributed by atoms with Crippen molar-refractivity contribution in [3.63, 3.8) is 0 Å². The first kappa shape index (κ1) is 15.4. The molecule has 23 heavy (non-hydrogen) atoms. The molecule has 2 nitrogen and oxygen atoms in total. The Kier molecular flexibility index (Phi) is 5.52. The molecule has 1 aromatic carbocycles. The van der Waals surface area contributed by atoms with E-state index < -0.39 is 0 Å². The van der Waals surface area contributed by atoms with Crippen LogP contribution in [-0.4, -0.2) is 9.97 Å². The van der Waals surface area contributed by atoms with Crippen LogP contribution in [0, 0.1) is 5.92 Å². The van der Waals surface area contributed by atoms with Crippen molar-refractivity contribution in [2.24, 2.45) is 5.92 Å². The number of pyridine rings is 2. The van der Waals surface area contributed by atoms with Gasteiger partial charge in [-0.2, -0.15) is 0 Å². The second kappa shape index (κ2) is 8.23. The summed E-state index contributed by atoms with van der Waals surface area (Å²) in [5.41, 5.74) is 3.95. The van der Waals surface area contributed by atoms with Crippen LogP contribution in [0.5, 0.6) is 0 Å². The van der Waals surface area contributed by atoms with E-state index in [1.54, 1.807) is 0 Å². The van der Waals surface area contributed by atoms with Gasteiger partial charge in [0.2, 0.25) is 0 Å². The summed E-state index contributed by atoms with van der Waals surface area (Å²) in [6.07, 6.45) is 10.0. The van der Waals surface area contributed by atoms with Gasteiger partial charge in [0.1, 0.15) is 0 Å². The van der Waals surface area contributed by atoms with E-state index in [4.69, 9.17) is 0 Å². The van der Waals surface area contributed by atoms with Crippen LogP contribution < -0.4 is 0 Å². The Morgan fingerprint density at radius 1 is 0.696 bits per heavy atom. The first-order valence-electron chi connectivity index (χ1n) is 8.23. The average Bonchev–Trinajstić information content (AvgIpc) is 2.62. The predicted molar refractivity (Wildman–Crippen MR) is 94.1 cm³/mol. The highest BCUT2D eigenvalue weighted by Gasteiger charge is 2.12. The zero-order valence-electron chi connectivity index (χ0n) is 13.3. The third-order valence-electron chi connectivity index (χ3n) is 4.18. The lowest BCUT2D eigenvalue weighted by Crippen LogP contribution is -2.11. The summed E-state index contributed by atoms with van der Waals surface area (Å²) < 4.78 is 0. The molecule has 0 aliphatic heterocycles. The molecule has 0 bridgehead atoms. The minimum atomic E-state index is 0.590. The van der Waals surface area contributed by atoms with Gasteiger partial charge < -0.3 is 0 Å². The molecule has 3 rings (SSSR count). The Hall–Kier alpha value is -2.48. The number of rotatable bonds is 7.